The quantitative estimate of drug-likeness (QED) is 0.866. The zero-order valence-corrected chi connectivity index (χ0v) is 11.0. The van der Waals surface area contributed by atoms with Crippen molar-refractivity contribution in [2.24, 2.45) is 0 Å². The Labute approximate surface area is 111 Å². The first kappa shape index (κ1) is 13.1. The molecule has 1 aromatic carbocycles. The van der Waals surface area contributed by atoms with Crippen LogP contribution in [-0.4, -0.2) is 20.9 Å². The standard InChI is InChI=1S/C14H17N3O2/c1-10(2)17-9-11(8-16-17)7-15-13-5-3-4-12(6-13)14(18)19/h3-6,8-10,15H,7H2,1-2H3,(H,18,19). The van der Waals surface area contributed by atoms with Crippen molar-refractivity contribution in [3.63, 3.8) is 0 Å². The fourth-order valence-electron chi connectivity index (χ4n) is 1.72. The van der Waals surface area contributed by atoms with Crippen molar-refractivity contribution >= 4 is 11.7 Å². The summed E-state index contributed by atoms with van der Waals surface area (Å²) < 4.78 is 1.89. The first-order valence-electron chi connectivity index (χ1n) is 6.16. The van der Waals surface area contributed by atoms with Crippen molar-refractivity contribution in [3.8, 4) is 0 Å². The molecule has 0 saturated heterocycles. The summed E-state index contributed by atoms with van der Waals surface area (Å²) in [6.07, 6.45) is 3.80. The summed E-state index contributed by atoms with van der Waals surface area (Å²) >= 11 is 0. The highest BCUT2D eigenvalue weighted by Gasteiger charge is 2.04. The molecular formula is C14H17N3O2. The molecule has 0 atom stereocenters. The molecule has 0 aliphatic rings. The van der Waals surface area contributed by atoms with Gasteiger partial charge in [0.15, 0.2) is 0 Å². The summed E-state index contributed by atoms with van der Waals surface area (Å²) in [6.45, 7) is 4.76. The molecule has 0 unspecified atom stereocenters. The molecule has 5 heteroatoms. The van der Waals surface area contributed by atoms with Crippen LogP contribution in [0.3, 0.4) is 0 Å². The van der Waals surface area contributed by atoms with Gasteiger partial charge in [-0.1, -0.05) is 6.07 Å². The second-order valence-corrected chi connectivity index (χ2v) is 4.66. The molecular weight excluding hydrogens is 242 g/mol. The predicted octanol–water partition coefficient (Wildman–Crippen LogP) is 2.77. The van der Waals surface area contributed by atoms with E-state index in [1.165, 1.54) is 0 Å². The lowest BCUT2D eigenvalue weighted by Gasteiger charge is -2.06. The van der Waals surface area contributed by atoms with Gasteiger partial charge in [-0.25, -0.2) is 4.79 Å². The summed E-state index contributed by atoms with van der Waals surface area (Å²) in [4.78, 5) is 10.9. The van der Waals surface area contributed by atoms with E-state index < -0.39 is 5.97 Å². The number of hydrogen-bond acceptors (Lipinski definition) is 3. The maximum absolute atomic E-state index is 10.9. The minimum absolute atomic E-state index is 0.280. The van der Waals surface area contributed by atoms with Crippen LogP contribution in [0.4, 0.5) is 5.69 Å². The lowest BCUT2D eigenvalue weighted by Crippen LogP contribution is -2.02. The first-order chi connectivity index (χ1) is 9.06. The van der Waals surface area contributed by atoms with Gasteiger partial charge in [-0.2, -0.15) is 5.10 Å². The van der Waals surface area contributed by atoms with Gasteiger partial charge in [-0.3, -0.25) is 4.68 Å². The van der Waals surface area contributed by atoms with Crippen molar-refractivity contribution in [1.82, 2.24) is 9.78 Å². The summed E-state index contributed by atoms with van der Waals surface area (Å²) in [5, 5.41) is 16.4. The van der Waals surface area contributed by atoms with Crippen molar-refractivity contribution in [1.29, 1.82) is 0 Å². The Kier molecular flexibility index (Phi) is 3.85. The topological polar surface area (TPSA) is 67.2 Å². The van der Waals surface area contributed by atoms with E-state index >= 15 is 0 Å². The van der Waals surface area contributed by atoms with Crippen molar-refractivity contribution < 1.29 is 9.90 Å². The molecule has 0 bridgehead atoms. The minimum atomic E-state index is -0.920. The molecule has 2 aromatic rings. The van der Waals surface area contributed by atoms with Gasteiger partial charge in [0.1, 0.15) is 0 Å². The Morgan fingerprint density at radius 2 is 2.26 bits per heavy atom. The van der Waals surface area contributed by atoms with Crippen LogP contribution in [-0.2, 0) is 6.54 Å². The van der Waals surface area contributed by atoms with Gasteiger partial charge in [0.25, 0.3) is 0 Å². The SMILES string of the molecule is CC(C)n1cc(CNc2cccc(C(=O)O)c2)cn1. The monoisotopic (exact) mass is 259 g/mol. The van der Waals surface area contributed by atoms with Crippen LogP contribution in [0, 0.1) is 0 Å². The summed E-state index contributed by atoms with van der Waals surface area (Å²) in [5.41, 5.74) is 2.13. The van der Waals surface area contributed by atoms with Crippen molar-refractivity contribution in [3.05, 3.63) is 47.8 Å². The molecule has 0 spiro atoms. The summed E-state index contributed by atoms with van der Waals surface area (Å²) in [7, 11) is 0. The van der Waals surface area contributed by atoms with E-state index in [1.54, 1.807) is 18.2 Å². The number of benzene rings is 1. The molecule has 19 heavy (non-hydrogen) atoms. The van der Waals surface area contributed by atoms with Gasteiger partial charge in [-0.15, -0.1) is 0 Å². The summed E-state index contributed by atoms with van der Waals surface area (Å²) in [5.74, 6) is -0.920. The normalized spacial score (nSPS) is 10.7. The predicted molar refractivity (Wildman–Crippen MR) is 73.3 cm³/mol. The number of rotatable bonds is 5. The Balaban J connectivity index is 2.01. The smallest absolute Gasteiger partial charge is 0.335 e. The second kappa shape index (κ2) is 5.56. The van der Waals surface area contributed by atoms with Gasteiger partial charge in [-0.05, 0) is 32.0 Å². The van der Waals surface area contributed by atoms with E-state index in [9.17, 15) is 4.79 Å². The molecule has 5 nitrogen and oxygen atoms in total. The number of hydrogen-bond donors (Lipinski definition) is 2. The Morgan fingerprint density at radius 3 is 2.89 bits per heavy atom. The van der Waals surface area contributed by atoms with E-state index in [-0.39, 0.29) is 5.56 Å². The van der Waals surface area contributed by atoms with Gasteiger partial charge < -0.3 is 10.4 Å². The lowest BCUT2D eigenvalue weighted by molar-refractivity contribution is 0.0697. The molecule has 2 rings (SSSR count). The van der Waals surface area contributed by atoms with Crippen LogP contribution in [0.5, 0.6) is 0 Å². The third-order valence-electron chi connectivity index (χ3n) is 2.79. The van der Waals surface area contributed by atoms with E-state index in [2.05, 4.69) is 24.3 Å². The highest BCUT2D eigenvalue weighted by Crippen LogP contribution is 2.13. The van der Waals surface area contributed by atoms with Crippen LogP contribution < -0.4 is 5.32 Å². The molecule has 0 saturated carbocycles. The van der Waals surface area contributed by atoms with E-state index in [1.807, 2.05) is 23.1 Å². The van der Waals surface area contributed by atoms with Crippen LogP contribution >= 0.6 is 0 Å². The number of carbonyl (C=O) groups is 1. The van der Waals surface area contributed by atoms with Crippen molar-refractivity contribution in [2.45, 2.75) is 26.4 Å². The minimum Gasteiger partial charge on any atom is -0.478 e. The van der Waals surface area contributed by atoms with Crippen LogP contribution in [0.2, 0.25) is 0 Å². The fraction of sp³-hybridized carbons (Fsp3) is 0.286. The Morgan fingerprint density at radius 1 is 1.47 bits per heavy atom. The van der Waals surface area contributed by atoms with E-state index in [4.69, 9.17) is 5.11 Å². The van der Waals surface area contributed by atoms with Crippen LogP contribution in [0.15, 0.2) is 36.7 Å². The number of anilines is 1. The van der Waals surface area contributed by atoms with Gasteiger partial charge in [0, 0.05) is 30.0 Å². The largest absolute Gasteiger partial charge is 0.478 e. The number of nitrogens with zero attached hydrogens (tertiary/aromatic N) is 2. The van der Waals surface area contributed by atoms with E-state index in [0.717, 1.165) is 11.3 Å². The summed E-state index contributed by atoms with van der Waals surface area (Å²) in [6, 6.07) is 7.10. The molecule has 100 valence electrons. The fourth-order valence-corrected chi connectivity index (χ4v) is 1.72. The van der Waals surface area contributed by atoms with Gasteiger partial charge in [0.05, 0.1) is 11.8 Å². The zero-order valence-electron chi connectivity index (χ0n) is 11.0. The Hall–Kier alpha value is -2.30. The van der Waals surface area contributed by atoms with Gasteiger partial charge in [0.2, 0.25) is 0 Å². The number of carboxylic acids is 1. The lowest BCUT2D eigenvalue weighted by atomic mass is 10.2. The van der Waals surface area contributed by atoms with E-state index in [0.29, 0.717) is 12.6 Å². The highest BCUT2D eigenvalue weighted by molar-refractivity contribution is 5.88. The molecule has 0 radical (unpaired) electrons. The molecule has 1 aromatic heterocycles. The Bertz CT molecular complexity index is 576. The highest BCUT2D eigenvalue weighted by atomic mass is 16.4. The average Bonchev–Trinajstić information content (AvgIpc) is 2.85. The third kappa shape index (κ3) is 3.34. The third-order valence-corrected chi connectivity index (χ3v) is 2.79. The molecule has 1 heterocycles. The number of nitrogens with one attached hydrogen (secondary N) is 1. The zero-order chi connectivity index (χ0) is 13.8. The van der Waals surface area contributed by atoms with Gasteiger partial charge >= 0.3 is 5.97 Å². The number of carboxylic acid groups (broad SMARTS) is 1. The second-order valence-electron chi connectivity index (χ2n) is 4.66. The van der Waals surface area contributed by atoms with Crippen LogP contribution in [0.25, 0.3) is 0 Å². The molecule has 0 fully saturated rings. The average molecular weight is 259 g/mol. The van der Waals surface area contributed by atoms with Crippen LogP contribution in [0.1, 0.15) is 35.8 Å². The maximum Gasteiger partial charge on any atom is 0.335 e. The molecule has 0 aliphatic carbocycles. The molecule has 0 amide bonds. The maximum atomic E-state index is 10.9. The van der Waals surface area contributed by atoms with Crippen molar-refractivity contribution in [2.75, 3.05) is 5.32 Å². The molecule has 0 aliphatic heterocycles. The first-order valence-corrected chi connectivity index (χ1v) is 6.16. The number of aromatic nitrogens is 2. The molecule has 2 N–H and O–H groups in total. The number of aromatic carboxylic acids is 1.